The van der Waals surface area contributed by atoms with E-state index in [0.29, 0.717) is 35.7 Å². The monoisotopic (exact) mass is 294 g/mol. The second-order valence-corrected chi connectivity index (χ2v) is 4.81. The lowest BCUT2D eigenvalue weighted by atomic mass is 10.3. The summed E-state index contributed by atoms with van der Waals surface area (Å²) in [5.41, 5.74) is 1.24. The van der Waals surface area contributed by atoms with E-state index in [1.807, 2.05) is 18.2 Å². The zero-order valence-electron chi connectivity index (χ0n) is 11.5. The molecular weight excluding hydrogens is 276 g/mol. The van der Waals surface area contributed by atoms with Gasteiger partial charge in [-0.2, -0.15) is 0 Å². The molecule has 0 bridgehead atoms. The van der Waals surface area contributed by atoms with Crippen LogP contribution in [0.4, 0.5) is 5.69 Å². The number of para-hydroxylation sites is 1. The van der Waals surface area contributed by atoms with E-state index in [1.54, 1.807) is 19.1 Å². The topological polar surface area (TPSA) is 69.6 Å². The molecule has 0 atom stereocenters. The van der Waals surface area contributed by atoms with Crippen molar-refractivity contribution in [1.82, 2.24) is 4.90 Å². The number of hydrogen-bond acceptors (Lipinski definition) is 4. The highest BCUT2D eigenvalue weighted by molar-refractivity contribution is 7.93. The molecule has 1 aromatic carbocycles. The van der Waals surface area contributed by atoms with Crippen molar-refractivity contribution in [3.8, 4) is 0 Å². The number of amides is 2. The van der Waals surface area contributed by atoms with Gasteiger partial charge in [-0.05, 0) is 31.1 Å². The number of rotatable bonds is 6. The smallest absolute Gasteiger partial charge is 0.250 e. The Balaban J connectivity index is 2.70. The summed E-state index contributed by atoms with van der Waals surface area (Å²) < 4.78 is 8.74. The average Bonchev–Trinajstić information content (AvgIpc) is 2.39. The summed E-state index contributed by atoms with van der Waals surface area (Å²) in [6, 6.07) is 9.08. The van der Waals surface area contributed by atoms with Crippen LogP contribution in [0.15, 0.2) is 42.1 Å². The van der Waals surface area contributed by atoms with Gasteiger partial charge in [-0.3, -0.25) is 9.59 Å². The fourth-order valence-corrected chi connectivity index (χ4v) is 1.95. The fraction of sp³-hybridized carbons (Fsp3) is 0.286. The van der Waals surface area contributed by atoms with Crippen LogP contribution in [-0.4, -0.2) is 33.6 Å². The SMILES string of the molecule is CC(=O)N(CCSO)/C(C)=C/C(=O)Nc1ccccc1. The molecular formula is C14H18N2O3S. The minimum atomic E-state index is -0.295. The molecule has 2 amide bonds. The van der Waals surface area contributed by atoms with Crippen molar-refractivity contribution in [2.45, 2.75) is 13.8 Å². The third kappa shape index (κ3) is 5.46. The number of allylic oxidation sites excluding steroid dienone is 1. The van der Waals surface area contributed by atoms with E-state index < -0.39 is 0 Å². The largest absolute Gasteiger partial charge is 0.330 e. The lowest BCUT2D eigenvalue weighted by Gasteiger charge is -2.20. The van der Waals surface area contributed by atoms with Crippen LogP contribution in [0.3, 0.4) is 0 Å². The summed E-state index contributed by atoms with van der Waals surface area (Å²) in [5, 5.41) is 2.71. The summed E-state index contributed by atoms with van der Waals surface area (Å²) in [6.07, 6.45) is 1.37. The van der Waals surface area contributed by atoms with Gasteiger partial charge < -0.3 is 14.8 Å². The van der Waals surface area contributed by atoms with Crippen LogP contribution in [0.2, 0.25) is 0 Å². The number of nitrogens with zero attached hydrogens (tertiary/aromatic N) is 1. The van der Waals surface area contributed by atoms with Crippen LogP contribution in [0, 0.1) is 0 Å². The van der Waals surface area contributed by atoms with Crippen molar-refractivity contribution < 1.29 is 14.1 Å². The number of anilines is 1. The summed E-state index contributed by atoms with van der Waals surface area (Å²) >= 11 is 0.665. The van der Waals surface area contributed by atoms with E-state index in [-0.39, 0.29) is 11.8 Å². The van der Waals surface area contributed by atoms with Crippen LogP contribution in [0.1, 0.15) is 13.8 Å². The fourth-order valence-electron chi connectivity index (χ4n) is 1.68. The third-order valence-corrected chi connectivity index (χ3v) is 2.96. The zero-order chi connectivity index (χ0) is 15.0. The Morgan fingerprint density at radius 3 is 2.50 bits per heavy atom. The molecule has 0 aliphatic rings. The van der Waals surface area contributed by atoms with Gasteiger partial charge in [0.15, 0.2) is 0 Å². The highest BCUT2D eigenvalue weighted by Crippen LogP contribution is 2.08. The molecule has 0 aromatic heterocycles. The Morgan fingerprint density at radius 1 is 1.30 bits per heavy atom. The van der Waals surface area contributed by atoms with Gasteiger partial charge in [0.2, 0.25) is 11.8 Å². The Hall–Kier alpha value is -1.79. The second-order valence-electron chi connectivity index (χ2n) is 4.14. The van der Waals surface area contributed by atoms with E-state index in [9.17, 15) is 9.59 Å². The molecule has 0 saturated heterocycles. The van der Waals surface area contributed by atoms with Crippen molar-refractivity contribution in [1.29, 1.82) is 0 Å². The molecule has 0 aliphatic heterocycles. The molecule has 20 heavy (non-hydrogen) atoms. The molecule has 0 aliphatic carbocycles. The minimum absolute atomic E-state index is 0.166. The average molecular weight is 294 g/mol. The normalized spacial score (nSPS) is 11.1. The molecule has 108 valence electrons. The summed E-state index contributed by atoms with van der Waals surface area (Å²) in [6.45, 7) is 3.47. The molecule has 6 heteroatoms. The predicted molar refractivity (Wildman–Crippen MR) is 81.3 cm³/mol. The van der Waals surface area contributed by atoms with Gasteiger partial charge in [0, 0.05) is 36.7 Å². The Bertz CT molecular complexity index is 488. The van der Waals surface area contributed by atoms with Crippen molar-refractivity contribution in [3.05, 3.63) is 42.1 Å². The number of hydrogen-bond donors (Lipinski definition) is 2. The molecule has 1 rings (SSSR count). The third-order valence-electron chi connectivity index (χ3n) is 2.59. The maximum absolute atomic E-state index is 11.8. The molecule has 0 spiro atoms. The van der Waals surface area contributed by atoms with E-state index in [1.165, 1.54) is 17.9 Å². The standard InChI is InChI=1S/C14H18N2O3S/c1-11(16(12(2)17)8-9-20-19)10-14(18)15-13-6-4-3-5-7-13/h3-7,10,19H,8-9H2,1-2H3,(H,15,18)/b11-10+. The van der Waals surface area contributed by atoms with Gasteiger partial charge in [-0.1, -0.05) is 18.2 Å². The summed E-state index contributed by atoms with van der Waals surface area (Å²) in [5.74, 6) is -0.0673. The first-order valence-electron chi connectivity index (χ1n) is 6.13. The van der Waals surface area contributed by atoms with E-state index >= 15 is 0 Å². The molecule has 0 saturated carbocycles. The zero-order valence-corrected chi connectivity index (χ0v) is 12.3. The van der Waals surface area contributed by atoms with E-state index in [2.05, 4.69) is 5.32 Å². The summed E-state index contributed by atoms with van der Waals surface area (Å²) in [4.78, 5) is 24.8. The van der Waals surface area contributed by atoms with Gasteiger partial charge in [0.25, 0.3) is 0 Å². The number of nitrogens with one attached hydrogen (secondary N) is 1. The van der Waals surface area contributed by atoms with Crippen LogP contribution in [-0.2, 0) is 9.59 Å². The molecule has 5 nitrogen and oxygen atoms in total. The van der Waals surface area contributed by atoms with Gasteiger partial charge >= 0.3 is 0 Å². The van der Waals surface area contributed by atoms with E-state index in [4.69, 9.17) is 4.55 Å². The van der Waals surface area contributed by atoms with Gasteiger partial charge in [0.1, 0.15) is 0 Å². The van der Waals surface area contributed by atoms with Gasteiger partial charge in [-0.15, -0.1) is 0 Å². The quantitative estimate of drug-likeness (QED) is 0.625. The first-order chi connectivity index (χ1) is 9.54. The highest BCUT2D eigenvalue weighted by atomic mass is 32.2. The lowest BCUT2D eigenvalue weighted by molar-refractivity contribution is -0.126. The first kappa shape index (κ1) is 16.3. The van der Waals surface area contributed by atoms with Gasteiger partial charge in [-0.25, -0.2) is 0 Å². The molecule has 2 N–H and O–H groups in total. The predicted octanol–water partition coefficient (Wildman–Crippen LogP) is 2.58. The molecule has 1 aromatic rings. The lowest BCUT2D eigenvalue weighted by Crippen LogP contribution is -2.30. The van der Waals surface area contributed by atoms with Gasteiger partial charge in [0.05, 0.1) is 0 Å². The van der Waals surface area contributed by atoms with E-state index in [0.717, 1.165) is 0 Å². The highest BCUT2D eigenvalue weighted by Gasteiger charge is 2.11. The molecule has 0 heterocycles. The van der Waals surface area contributed by atoms with Crippen molar-refractivity contribution in [2.75, 3.05) is 17.6 Å². The van der Waals surface area contributed by atoms with Crippen LogP contribution in [0.5, 0.6) is 0 Å². The molecule has 0 unspecified atom stereocenters. The van der Waals surface area contributed by atoms with Crippen LogP contribution >= 0.6 is 12.0 Å². The maximum Gasteiger partial charge on any atom is 0.250 e. The Kier molecular flexibility index (Phi) is 6.83. The second kappa shape index (κ2) is 8.39. The van der Waals surface area contributed by atoms with Crippen LogP contribution < -0.4 is 5.32 Å². The van der Waals surface area contributed by atoms with Crippen molar-refractivity contribution in [3.63, 3.8) is 0 Å². The number of carbonyl (C=O) groups is 2. The van der Waals surface area contributed by atoms with Crippen molar-refractivity contribution >= 4 is 29.5 Å². The number of carbonyl (C=O) groups excluding carboxylic acids is 2. The summed E-state index contributed by atoms with van der Waals surface area (Å²) in [7, 11) is 0. The van der Waals surface area contributed by atoms with Crippen molar-refractivity contribution in [2.24, 2.45) is 0 Å². The van der Waals surface area contributed by atoms with Crippen LogP contribution in [0.25, 0.3) is 0 Å². The first-order valence-corrected chi connectivity index (χ1v) is 7.07. The minimum Gasteiger partial charge on any atom is -0.330 e. The number of benzene rings is 1. The molecule has 0 fully saturated rings. The Labute approximate surface area is 122 Å². The molecule has 0 radical (unpaired) electrons. The maximum atomic E-state index is 11.8. The Morgan fingerprint density at radius 2 is 1.95 bits per heavy atom.